The van der Waals surface area contributed by atoms with Gasteiger partial charge in [-0.2, -0.15) is 0 Å². The molecule has 0 aliphatic carbocycles. The Labute approximate surface area is 80.6 Å². The van der Waals surface area contributed by atoms with Crippen LogP contribution in [0.5, 0.6) is 0 Å². The van der Waals surface area contributed by atoms with Crippen molar-refractivity contribution in [2.45, 2.75) is 26.2 Å². The minimum Gasteiger partial charge on any atom is -0.128 e. The van der Waals surface area contributed by atoms with Crippen molar-refractivity contribution >= 4 is 6.08 Å². The lowest BCUT2D eigenvalue weighted by Crippen LogP contribution is -2.10. The predicted molar refractivity (Wildman–Crippen MR) is 58.7 cm³/mol. The zero-order chi connectivity index (χ0) is 9.90. The van der Waals surface area contributed by atoms with Gasteiger partial charge in [0.2, 0.25) is 0 Å². The van der Waals surface area contributed by atoms with E-state index in [0.29, 0.717) is 0 Å². The zero-order valence-electron chi connectivity index (χ0n) is 8.59. The minimum absolute atomic E-state index is 0.213. The summed E-state index contributed by atoms with van der Waals surface area (Å²) in [4.78, 5) is 0. The monoisotopic (exact) mass is 172 g/mol. The quantitative estimate of drug-likeness (QED) is 0.565. The second-order valence-electron chi connectivity index (χ2n) is 4.22. The Morgan fingerprint density at radius 2 is 2.00 bits per heavy atom. The van der Waals surface area contributed by atoms with Crippen LogP contribution in [0.25, 0.3) is 6.08 Å². The van der Waals surface area contributed by atoms with Gasteiger partial charge in [0.15, 0.2) is 0 Å². The van der Waals surface area contributed by atoms with Gasteiger partial charge in [0, 0.05) is 0 Å². The first-order valence-corrected chi connectivity index (χ1v) is 4.50. The highest BCUT2D eigenvalue weighted by Gasteiger charge is 2.12. The Morgan fingerprint density at radius 1 is 1.31 bits per heavy atom. The summed E-state index contributed by atoms with van der Waals surface area (Å²) in [5.41, 5.74) is 5.51. The van der Waals surface area contributed by atoms with Crippen LogP contribution in [0, 0.1) is 0 Å². The molecule has 0 unspecified atom stereocenters. The van der Waals surface area contributed by atoms with E-state index < -0.39 is 0 Å². The Bertz CT molecular complexity index is 333. The van der Waals surface area contributed by atoms with Gasteiger partial charge in [-0.3, -0.25) is 0 Å². The van der Waals surface area contributed by atoms with Crippen LogP contribution in [0.2, 0.25) is 0 Å². The van der Waals surface area contributed by atoms with Crippen molar-refractivity contribution in [2.24, 2.45) is 0 Å². The molecule has 0 radical (unpaired) electrons. The molecule has 0 heterocycles. The van der Waals surface area contributed by atoms with Crippen molar-refractivity contribution in [1.82, 2.24) is 0 Å². The van der Waals surface area contributed by atoms with Crippen molar-refractivity contribution in [2.75, 3.05) is 0 Å². The summed E-state index contributed by atoms with van der Waals surface area (Å²) in [6.45, 7) is 10.2. The fraction of sp³-hybridized carbons (Fsp3) is 0.308. The summed E-state index contributed by atoms with van der Waals surface area (Å²) in [7, 11) is 0. The van der Waals surface area contributed by atoms with E-state index >= 15 is 0 Å². The van der Waals surface area contributed by atoms with Gasteiger partial charge in [-0.1, -0.05) is 51.6 Å². The third kappa shape index (κ3) is 2.61. The first-order chi connectivity index (χ1) is 6.04. The van der Waals surface area contributed by atoms with Crippen LogP contribution in [0.3, 0.4) is 0 Å². The first kappa shape index (κ1) is 9.83. The summed E-state index contributed by atoms with van der Waals surface area (Å²) < 4.78 is 0. The molecule has 0 nitrogen and oxygen atoms in total. The molecule has 0 N–H and O–H groups in total. The molecule has 0 saturated carbocycles. The minimum atomic E-state index is 0.213. The molecular weight excluding hydrogens is 156 g/mol. The third-order valence-electron chi connectivity index (χ3n) is 2.02. The van der Waals surface area contributed by atoms with E-state index in [9.17, 15) is 0 Å². The summed E-state index contributed by atoms with van der Waals surface area (Å²) in [5, 5.41) is 0. The first-order valence-electron chi connectivity index (χ1n) is 4.50. The fourth-order valence-electron chi connectivity index (χ4n) is 1.21. The summed E-state index contributed by atoms with van der Waals surface area (Å²) in [6, 6.07) is 8.47. The zero-order valence-corrected chi connectivity index (χ0v) is 8.59. The van der Waals surface area contributed by atoms with Crippen molar-refractivity contribution in [3.63, 3.8) is 0 Å². The second kappa shape index (κ2) is 3.64. The van der Waals surface area contributed by atoms with E-state index in [1.165, 1.54) is 11.1 Å². The second-order valence-corrected chi connectivity index (χ2v) is 4.22. The molecule has 0 saturated heterocycles. The van der Waals surface area contributed by atoms with E-state index in [0.717, 1.165) is 0 Å². The van der Waals surface area contributed by atoms with Gasteiger partial charge < -0.3 is 0 Å². The van der Waals surface area contributed by atoms with Crippen LogP contribution >= 0.6 is 0 Å². The highest BCUT2D eigenvalue weighted by molar-refractivity contribution is 5.50. The largest absolute Gasteiger partial charge is 0.128 e. The molecule has 1 aromatic rings. The van der Waals surface area contributed by atoms with Gasteiger partial charge in [0.05, 0.1) is 0 Å². The average molecular weight is 172 g/mol. The van der Waals surface area contributed by atoms with Gasteiger partial charge in [-0.15, -0.1) is 5.73 Å². The van der Waals surface area contributed by atoms with E-state index in [1.807, 2.05) is 6.08 Å². The van der Waals surface area contributed by atoms with Gasteiger partial charge in [-0.25, -0.2) is 0 Å². The average Bonchev–Trinajstić information content (AvgIpc) is 2.04. The lowest BCUT2D eigenvalue weighted by Gasteiger charge is -2.19. The number of benzene rings is 1. The van der Waals surface area contributed by atoms with Crippen LogP contribution in [0.15, 0.2) is 36.6 Å². The molecule has 0 aliphatic rings. The molecule has 0 spiro atoms. The summed E-state index contributed by atoms with van der Waals surface area (Å²) >= 11 is 0. The van der Waals surface area contributed by atoms with Gasteiger partial charge in [0.25, 0.3) is 0 Å². The maximum absolute atomic E-state index is 3.57. The highest BCUT2D eigenvalue weighted by Crippen LogP contribution is 2.22. The molecule has 0 atom stereocenters. The molecule has 0 aliphatic heterocycles. The molecule has 68 valence electrons. The van der Waals surface area contributed by atoms with E-state index in [2.05, 4.69) is 57.3 Å². The Kier molecular flexibility index (Phi) is 2.75. The van der Waals surface area contributed by atoms with E-state index in [4.69, 9.17) is 0 Å². The lowest BCUT2D eigenvalue weighted by molar-refractivity contribution is 0.590. The molecule has 0 heteroatoms. The summed E-state index contributed by atoms with van der Waals surface area (Å²) in [5.74, 6) is 0. The molecule has 1 aromatic carbocycles. The van der Waals surface area contributed by atoms with Crippen molar-refractivity contribution in [3.8, 4) is 0 Å². The molecule has 0 fully saturated rings. The van der Waals surface area contributed by atoms with Gasteiger partial charge in [0.1, 0.15) is 0 Å². The van der Waals surface area contributed by atoms with Gasteiger partial charge in [-0.05, 0) is 22.6 Å². The molecule has 1 rings (SSSR count). The van der Waals surface area contributed by atoms with Crippen molar-refractivity contribution in [3.05, 3.63) is 47.7 Å². The molecule has 13 heavy (non-hydrogen) atoms. The number of hydrogen-bond donors (Lipinski definition) is 0. The third-order valence-corrected chi connectivity index (χ3v) is 2.02. The predicted octanol–water partition coefficient (Wildman–Crippen LogP) is 3.78. The van der Waals surface area contributed by atoms with Gasteiger partial charge >= 0.3 is 0 Å². The normalized spacial score (nSPS) is 10.7. The maximum Gasteiger partial charge on any atom is -0.0132 e. The molecular formula is C13H16. The van der Waals surface area contributed by atoms with Crippen molar-refractivity contribution in [1.29, 1.82) is 0 Å². The lowest BCUT2D eigenvalue weighted by atomic mass is 9.86. The van der Waals surface area contributed by atoms with E-state index in [-0.39, 0.29) is 5.41 Å². The Hall–Kier alpha value is -1.26. The Morgan fingerprint density at radius 3 is 2.54 bits per heavy atom. The SMILES string of the molecule is C=C=Cc1cccc(C(C)(C)C)c1. The molecule has 0 amide bonds. The standard InChI is InChI=1S/C13H16/c1-5-7-11-8-6-9-12(10-11)13(2,3)4/h6-10H,1H2,2-4H3. The summed E-state index contributed by atoms with van der Waals surface area (Å²) in [6.07, 6.45) is 1.90. The maximum atomic E-state index is 3.57. The van der Waals surface area contributed by atoms with Crippen LogP contribution in [-0.4, -0.2) is 0 Å². The van der Waals surface area contributed by atoms with Crippen LogP contribution < -0.4 is 0 Å². The number of rotatable bonds is 1. The fourth-order valence-corrected chi connectivity index (χ4v) is 1.21. The molecule has 0 bridgehead atoms. The topological polar surface area (TPSA) is 0 Å². The smallest absolute Gasteiger partial charge is 0.0132 e. The Balaban J connectivity index is 3.12. The van der Waals surface area contributed by atoms with Crippen LogP contribution in [0.4, 0.5) is 0 Å². The highest BCUT2D eigenvalue weighted by atomic mass is 14.2. The van der Waals surface area contributed by atoms with E-state index in [1.54, 1.807) is 0 Å². The van der Waals surface area contributed by atoms with Crippen molar-refractivity contribution < 1.29 is 0 Å². The number of hydrogen-bond acceptors (Lipinski definition) is 0. The molecule has 0 aromatic heterocycles. The van der Waals surface area contributed by atoms with Crippen LogP contribution in [0.1, 0.15) is 31.9 Å². The van der Waals surface area contributed by atoms with Crippen LogP contribution in [-0.2, 0) is 5.41 Å².